The molecule has 0 saturated heterocycles. The van der Waals surface area contributed by atoms with Crippen molar-refractivity contribution in [2.45, 2.75) is 38.3 Å². The summed E-state index contributed by atoms with van der Waals surface area (Å²) in [6.45, 7) is 3.03. The molecule has 0 amide bonds. The predicted molar refractivity (Wildman–Crippen MR) is 154 cm³/mol. The summed E-state index contributed by atoms with van der Waals surface area (Å²) in [6.07, 6.45) is -4.98. The zero-order valence-electron chi connectivity index (χ0n) is 23.1. The summed E-state index contributed by atoms with van der Waals surface area (Å²) in [7, 11) is 0. The number of carbonyl (C=O) groups is 4. The van der Waals surface area contributed by atoms with Gasteiger partial charge in [0, 0.05) is 0 Å². The number of hydrogen-bond acceptors (Lipinski definition) is 8. The van der Waals surface area contributed by atoms with Gasteiger partial charge in [0.05, 0.1) is 22.3 Å². The van der Waals surface area contributed by atoms with Gasteiger partial charge in [-0.15, -0.1) is 0 Å². The standard InChI is InChI=1S/C34H30O8/c1-23(39-31(35)25-15-7-3-8-16-25)29(41-33(37)27-19-11-5-12-20-27)30(42-34(38)28-21-13-6-14-22-28)24(2)40-32(36)26-17-9-4-10-18-26/h3-24,29-30H,1-2H3. The van der Waals surface area contributed by atoms with Gasteiger partial charge >= 0.3 is 23.9 Å². The van der Waals surface area contributed by atoms with Crippen molar-refractivity contribution in [1.29, 1.82) is 0 Å². The van der Waals surface area contributed by atoms with E-state index in [9.17, 15) is 19.2 Å². The van der Waals surface area contributed by atoms with E-state index in [0.29, 0.717) is 0 Å². The van der Waals surface area contributed by atoms with Crippen LogP contribution in [-0.2, 0) is 18.9 Å². The number of carbonyl (C=O) groups excluding carboxylic acids is 4. The third kappa shape index (κ3) is 7.91. The van der Waals surface area contributed by atoms with E-state index < -0.39 is 48.3 Å². The van der Waals surface area contributed by atoms with Crippen molar-refractivity contribution in [1.82, 2.24) is 0 Å². The van der Waals surface area contributed by atoms with E-state index in [2.05, 4.69) is 0 Å². The smallest absolute Gasteiger partial charge is 0.338 e. The molecule has 4 aromatic carbocycles. The van der Waals surface area contributed by atoms with Gasteiger partial charge in [0.15, 0.2) is 12.2 Å². The summed E-state index contributed by atoms with van der Waals surface area (Å²) in [4.78, 5) is 52.4. The molecule has 4 unspecified atom stereocenters. The summed E-state index contributed by atoms with van der Waals surface area (Å²) in [5, 5.41) is 0. The monoisotopic (exact) mass is 566 g/mol. The second-order valence-electron chi connectivity index (χ2n) is 9.42. The summed E-state index contributed by atoms with van der Waals surface area (Å²) in [6, 6.07) is 33.0. The van der Waals surface area contributed by atoms with Gasteiger partial charge in [0.2, 0.25) is 0 Å². The van der Waals surface area contributed by atoms with Crippen molar-refractivity contribution < 1.29 is 38.1 Å². The molecular weight excluding hydrogens is 536 g/mol. The topological polar surface area (TPSA) is 105 Å². The molecule has 0 radical (unpaired) electrons. The molecule has 0 aromatic heterocycles. The van der Waals surface area contributed by atoms with Crippen LogP contribution < -0.4 is 0 Å². The van der Waals surface area contributed by atoms with Crippen LogP contribution in [0.15, 0.2) is 121 Å². The number of esters is 4. The fourth-order valence-corrected chi connectivity index (χ4v) is 4.15. The summed E-state index contributed by atoms with van der Waals surface area (Å²) >= 11 is 0. The van der Waals surface area contributed by atoms with Crippen molar-refractivity contribution in [2.24, 2.45) is 0 Å². The third-order valence-electron chi connectivity index (χ3n) is 6.36. The van der Waals surface area contributed by atoms with Crippen molar-refractivity contribution in [3.8, 4) is 0 Å². The second-order valence-corrected chi connectivity index (χ2v) is 9.42. The molecular formula is C34H30O8. The Bertz CT molecular complexity index is 1360. The molecule has 0 fully saturated rings. The van der Waals surface area contributed by atoms with Crippen LogP contribution in [0.5, 0.6) is 0 Å². The summed E-state index contributed by atoms with van der Waals surface area (Å²) in [5.41, 5.74) is 1.01. The van der Waals surface area contributed by atoms with E-state index in [4.69, 9.17) is 18.9 Å². The molecule has 0 N–H and O–H groups in total. The van der Waals surface area contributed by atoms with Gasteiger partial charge in [-0.3, -0.25) is 0 Å². The summed E-state index contributed by atoms with van der Waals surface area (Å²) in [5.74, 6) is -2.84. The molecule has 8 heteroatoms. The van der Waals surface area contributed by atoms with Gasteiger partial charge in [0.1, 0.15) is 12.2 Å². The zero-order chi connectivity index (χ0) is 29.9. The molecule has 0 aliphatic carbocycles. The van der Waals surface area contributed by atoms with Crippen LogP contribution in [0.1, 0.15) is 55.3 Å². The van der Waals surface area contributed by atoms with Gasteiger partial charge in [-0.1, -0.05) is 72.8 Å². The highest BCUT2D eigenvalue weighted by molar-refractivity contribution is 5.91. The van der Waals surface area contributed by atoms with Crippen molar-refractivity contribution >= 4 is 23.9 Å². The Kier molecular flexibility index (Phi) is 10.2. The molecule has 0 aliphatic rings. The van der Waals surface area contributed by atoms with Crippen LogP contribution in [0.2, 0.25) is 0 Å². The van der Waals surface area contributed by atoms with Gasteiger partial charge in [-0.05, 0) is 62.4 Å². The van der Waals surface area contributed by atoms with Crippen LogP contribution in [0.3, 0.4) is 0 Å². The average molecular weight is 567 g/mol. The Labute approximate surface area is 243 Å². The van der Waals surface area contributed by atoms with Crippen LogP contribution in [0.25, 0.3) is 0 Å². The fourth-order valence-electron chi connectivity index (χ4n) is 4.15. The SMILES string of the molecule is CC(OC(=O)c1ccccc1)C(OC(=O)c1ccccc1)C(OC(=O)c1ccccc1)C(C)OC(=O)c1ccccc1. The molecule has 8 nitrogen and oxygen atoms in total. The van der Waals surface area contributed by atoms with E-state index in [1.165, 1.54) is 13.8 Å². The van der Waals surface area contributed by atoms with Crippen LogP contribution >= 0.6 is 0 Å². The largest absolute Gasteiger partial charge is 0.455 e. The van der Waals surface area contributed by atoms with Crippen LogP contribution in [0.4, 0.5) is 0 Å². The summed E-state index contributed by atoms with van der Waals surface area (Å²) < 4.78 is 23.1. The predicted octanol–water partition coefficient (Wildman–Crippen LogP) is 5.93. The van der Waals surface area contributed by atoms with Crippen molar-refractivity contribution in [3.63, 3.8) is 0 Å². The second kappa shape index (κ2) is 14.4. The lowest BCUT2D eigenvalue weighted by Gasteiger charge is -2.33. The first-order chi connectivity index (χ1) is 20.3. The zero-order valence-corrected chi connectivity index (χ0v) is 23.1. The molecule has 4 aromatic rings. The molecule has 0 spiro atoms. The Morgan fingerprint density at radius 2 is 0.595 bits per heavy atom. The van der Waals surface area contributed by atoms with E-state index >= 15 is 0 Å². The Morgan fingerprint density at radius 3 is 0.833 bits per heavy atom. The molecule has 0 heterocycles. The minimum Gasteiger partial charge on any atom is -0.455 e. The van der Waals surface area contributed by atoms with Crippen LogP contribution in [0, 0.1) is 0 Å². The lowest BCUT2D eigenvalue weighted by Crippen LogP contribution is -2.50. The first-order valence-corrected chi connectivity index (χ1v) is 13.4. The molecule has 0 aliphatic heterocycles. The molecule has 0 saturated carbocycles. The minimum atomic E-state index is -1.36. The number of benzene rings is 4. The third-order valence-corrected chi connectivity index (χ3v) is 6.36. The first-order valence-electron chi connectivity index (χ1n) is 13.4. The Hall–Kier alpha value is -5.24. The maximum absolute atomic E-state index is 13.2. The van der Waals surface area contributed by atoms with Crippen molar-refractivity contribution in [2.75, 3.05) is 0 Å². The van der Waals surface area contributed by atoms with Gasteiger partial charge < -0.3 is 18.9 Å². The quantitative estimate of drug-likeness (QED) is 0.163. The number of ether oxygens (including phenoxy) is 4. The van der Waals surface area contributed by atoms with E-state index in [1.807, 2.05) is 0 Å². The Morgan fingerprint density at radius 1 is 0.381 bits per heavy atom. The van der Waals surface area contributed by atoms with Crippen LogP contribution in [-0.4, -0.2) is 48.3 Å². The van der Waals surface area contributed by atoms with Gasteiger partial charge in [-0.2, -0.15) is 0 Å². The highest BCUT2D eigenvalue weighted by Gasteiger charge is 2.41. The fraction of sp³-hybridized carbons (Fsp3) is 0.176. The minimum absolute atomic E-state index is 0.228. The first kappa shape index (κ1) is 29.7. The van der Waals surface area contributed by atoms with Gasteiger partial charge in [-0.25, -0.2) is 19.2 Å². The average Bonchev–Trinajstić information content (AvgIpc) is 3.04. The maximum Gasteiger partial charge on any atom is 0.338 e. The van der Waals surface area contributed by atoms with Crippen molar-refractivity contribution in [3.05, 3.63) is 144 Å². The molecule has 42 heavy (non-hydrogen) atoms. The lowest BCUT2D eigenvalue weighted by molar-refractivity contribution is -0.115. The molecule has 214 valence electrons. The van der Waals surface area contributed by atoms with E-state index in [1.54, 1.807) is 121 Å². The lowest BCUT2D eigenvalue weighted by atomic mass is 10.0. The highest BCUT2D eigenvalue weighted by Crippen LogP contribution is 2.23. The molecule has 4 rings (SSSR count). The number of hydrogen-bond donors (Lipinski definition) is 0. The molecule has 4 atom stereocenters. The van der Waals surface area contributed by atoms with Gasteiger partial charge in [0.25, 0.3) is 0 Å². The normalized spacial score (nSPS) is 13.5. The molecule has 0 bridgehead atoms. The maximum atomic E-state index is 13.2. The van der Waals surface area contributed by atoms with E-state index in [0.717, 1.165) is 0 Å². The highest BCUT2D eigenvalue weighted by atomic mass is 16.6. The Balaban J connectivity index is 1.68. The number of rotatable bonds is 11. The van der Waals surface area contributed by atoms with E-state index in [-0.39, 0.29) is 22.3 Å².